The highest BCUT2D eigenvalue weighted by Gasteiger charge is 2.25. The summed E-state index contributed by atoms with van der Waals surface area (Å²) in [7, 11) is 0. The highest BCUT2D eigenvalue weighted by molar-refractivity contribution is 7.71. The number of aromatic amines is 1. The van der Waals surface area contributed by atoms with Crippen LogP contribution in [0, 0.1) is 18.5 Å². The minimum absolute atomic E-state index is 0.605. The van der Waals surface area contributed by atoms with E-state index >= 15 is 0 Å². The normalized spacial score (nSPS) is 17.4. The summed E-state index contributed by atoms with van der Waals surface area (Å²) in [5.41, 5.74) is 6.13. The molecule has 26 heavy (non-hydrogen) atoms. The Hall–Kier alpha value is -2.28. The number of fused-ring (bicyclic) bond motifs is 1. The van der Waals surface area contributed by atoms with Gasteiger partial charge in [-0.1, -0.05) is 24.4 Å². The molecule has 1 saturated heterocycles. The molecule has 3 heterocycles. The fraction of sp³-hybridized carbons (Fsp3) is 0.474. The molecule has 0 spiro atoms. The van der Waals surface area contributed by atoms with Gasteiger partial charge in [-0.3, -0.25) is 0 Å². The Morgan fingerprint density at radius 1 is 1.08 bits per heavy atom. The number of nitrogens with zero attached hydrogens (tertiary/aromatic N) is 5. The SMILES string of the molecule is Cc1cc(C2CC2)cc(C)c1-n1nc2nc(N3CCCC3)[nH]c(=S)c2n1. The number of aromatic nitrogens is 5. The number of nitrogens with one attached hydrogen (secondary N) is 1. The van der Waals surface area contributed by atoms with Crippen molar-refractivity contribution >= 4 is 29.3 Å². The van der Waals surface area contributed by atoms with Crippen molar-refractivity contribution in [2.24, 2.45) is 0 Å². The van der Waals surface area contributed by atoms with Crippen molar-refractivity contribution in [1.82, 2.24) is 25.0 Å². The predicted molar refractivity (Wildman–Crippen MR) is 105 cm³/mol. The maximum Gasteiger partial charge on any atom is 0.208 e. The number of benzene rings is 1. The third kappa shape index (κ3) is 2.61. The van der Waals surface area contributed by atoms with Crippen LogP contribution in [0.2, 0.25) is 0 Å². The summed E-state index contributed by atoms with van der Waals surface area (Å²) in [6, 6.07) is 4.55. The number of hydrogen-bond donors (Lipinski definition) is 1. The standard InChI is InChI=1S/C19H22N6S/c1-11-9-14(13-5-6-13)10-12(2)16(11)25-22-15-17(23-25)20-19(21-18(15)26)24-7-3-4-8-24/h9-10,13H,3-8H2,1-2H3,(H,20,21,23,26). The minimum Gasteiger partial charge on any atom is -0.342 e. The van der Waals surface area contributed by atoms with Crippen molar-refractivity contribution < 1.29 is 0 Å². The number of hydrogen-bond acceptors (Lipinski definition) is 5. The van der Waals surface area contributed by atoms with Gasteiger partial charge in [-0.25, -0.2) is 0 Å². The summed E-state index contributed by atoms with van der Waals surface area (Å²) in [4.78, 5) is 11.9. The first-order valence-electron chi connectivity index (χ1n) is 9.34. The molecule has 2 aliphatic rings. The van der Waals surface area contributed by atoms with E-state index in [0.29, 0.717) is 15.8 Å². The van der Waals surface area contributed by atoms with E-state index in [1.165, 1.54) is 42.4 Å². The molecule has 0 unspecified atom stereocenters. The van der Waals surface area contributed by atoms with Crippen LogP contribution >= 0.6 is 12.2 Å². The lowest BCUT2D eigenvalue weighted by Crippen LogP contribution is -2.20. The molecule has 2 aromatic heterocycles. The van der Waals surface area contributed by atoms with E-state index in [9.17, 15) is 0 Å². The zero-order valence-electron chi connectivity index (χ0n) is 15.1. The molecule has 1 N–H and O–H groups in total. The number of rotatable bonds is 3. The van der Waals surface area contributed by atoms with Crippen molar-refractivity contribution in [3.63, 3.8) is 0 Å². The van der Waals surface area contributed by atoms with Crippen LogP contribution < -0.4 is 4.90 Å². The Bertz CT molecular complexity index is 1030. The van der Waals surface area contributed by atoms with Gasteiger partial charge in [0.15, 0.2) is 5.52 Å². The molecule has 5 rings (SSSR count). The van der Waals surface area contributed by atoms with Crippen molar-refractivity contribution in [2.75, 3.05) is 18.0 Å². The highest BCUT2D eigenvalue weighted by Crippen LogP contribution is 2.41. The van der Waals surface area contributed by atoms with E-state index in [1.807, 2.05) is 0 Å². The van der Waals surface area contributed by atoms with Crippen LogP contribution in [0.1, 0.15) is 48.3 Å². The van der Waals surface area contributed by atoms with Gasteiger partial charge in [0.25, 0.3) is 0 Å². The fourth-order valence-electron chi connectivity index (χ4n) is 3.95. The largest absolute Gasteiger partial charge is 0.342 e. The van der Waals surface area contributed by atoms with Crippen LogP contribution in [-0.2, 0) is 0 Å². The van der Waals surface area contributed by atoms with E-state index < -0.39 is 0 Å². The molecule has 1 saturated carbocycles. The molecule has 1 aliphatic carbocycles. The van der Waals surface area contributed by atoms with Crippen LogP contribution in [0.5, 0.6) is 0 Å². The van der Waals surface area contributed by atoms with Gasteiger partial charge in [-0.05, 0) is 62.1 Å². The summed E-state index contributed by atoms with van der Waals surface area (Å²) in [5.74, 6) is 1.55. The van der Waals surface area contributed by atoms with E-state index in [0.717, 1.165) is 30.6 Å². The summed E-state index contributed by atoms with van der Waals surface area (Å²) in [6.07, 6.45) is 5.00. The second-order valence-electron chi connectivity index (χ2n) is 7.52. The Morgan fingerprint density at radius 3 is 2.42 bits per heavy atom. The molecule has 7 heteroatoms. The van der Waals surface area contributed by atoms with E-state index in [2.05, 4.69) is 51.0 Å². The molecule has 0 amide bonds. The average molecular weight is 366 g/mol. The minimum atomic E-state index is 0.605. The van der Waals surface area contributed by atoms with Crippen molar-refractivity contribution in [3.05, 3.63) is 33.5 Å². The lowest BCUT2D eigenvalue weighted by molar-refractivity contribution is 0.751. The lowest BCUT2D eigenvalue weighted by Gasteiger charge is -2.14. The first kappa shape index (κ1) is 15.9. The predicted octanol–water partition coefficient (Wildman–Crippen LogP) is 3.97. The number of anilines is 1. The zero-order chi connectivity index (χ0) is 17.8. The Labute approximate surface area is 157 Å². The van der Waals surface area contributed by atoms with Gasteiger partial charge in [0.05, 0.1) is 5.69 Å². The molecular weight excluding hydrogens is 344 g/mol. The van der Waals surface area contributed by atoms with Crippen LogP contribution in [0.15, 0.2) is 12.1 Å². The quantitative estimate of drug-likeness (QED) is 0.711. The van der Waals surface area contributed by atoms with Crippen molar-refractivity contribution in [2.45, 2.75) is 45.4 Å². The number of aryl methyl sites for hydroxylation is 2. The number of H-pyrrole nitrogens is 1. The summed E-state index contributed by atoms with van der Waals surface area (Å²) >= 11 is 5.53. The summed E-state index contributed by atoms with van der Waals surface area (Å²) < 4.78 is 0.605. The summed E-state index contributed by atoms with van der Waals surface area (Å²) in [5, 5.41) is 9.32. The smallest absolute Gasteiger partial charge is 0.208 e. The molecular formula is C19H22N6S. The average Bonchev–Trinajstić information content (AvgIpc) is 3.14. The van der Waals surface area contributed by atoms with E-state index in [-0.39, 0.29) is 0 Å². The zero-order valence-corrected chi connectivity index (χ0v) is 15.9. The maximum atomic E-state index is 5.53. The first-order chi connectivity index (χ1) is 12.6. The fourth-order valence-corrected chi connectivity index (χ4v) is 4.17. The van der Waals surface area contributed by atoms with E-state index in [4.69, 9.17) is 12.2 Å². The maximum absolute atomic E-state index is 5.53. The molecule has 0 radical (unpaired) electrons. The lowest BCUT2D eigenvalue weighted by atomic mass is 10.0. The second-order valence-corrected chi connectivity index (χ2v) is 7.93. The first-order valence-corrected chi connectivity index (χ1v) is 9.75. The van der Waals surface area contributed by atoms with Gasteiger partial charge in [-0.15, -0.1) is 15.0 Å². The molecule has 0 atom stereocenters. The van der Waals surface area contributed by atoms with E-state index in [1.54, 1.807) is 4.80 Å². The molecule has 2 fully saturated rings. The van der Waals surface area contributed by atoms with Crippen LogP contribution in [-0.4, -0.2) is 38.1 Å². The molecule has 1 aliphatic heterocycles. The summed E-state index contributed by atoms with van der Waals surface area (Å²) in [6.45, 7) is 6.29. The molecule has 134 valence electrons. The van der Waals surface area contributed by atoms with Gasteiger partial charge in [0.1, 0.15) is 4.64 Å². The Morgan fingerprint density at radius 2 is 1.77 bits per heavy atom. The van der Waals surface area contributed by atoms with Crippen molar-refractivity contribution in [1.29, 1.82) is 0 Å². The second kappa shape index (κ2) is 5.87. The van der Waals surface area contributed by atoms with Gasteiger partial charge in [0, 0.05) is 13.1 Å². The Balaban J connectivity index is 1.61. The molecule has 0 bridgehead atoms. The third-order valence-electron chi connectivity index (χ3n) is 5.42. The van der Waals surface area contributed by atoms with Gasteiger partial charge >= 0.3 is 0 Å². The molecule has 6 nitrogen and oxygen atoms in total. The monoisotopic (exact) mass is 366 g/mol. The van der Waals surface area contributed by atoms with Gasteiger partial charge in [0.2, 0.25) is 11.6 Å². The Kier molecular flexibility index (Phi) is 3.60. The van der Waals surface area contributed by atoms with Crippen molar-refractivity contribution in [3.8, 4) is 5.69 Å². The topological polar surface area (TPSA) is 62.6 Å². The van der Waals surface area contributed by atoms with Crippen LogP contribution in [0.25, 0.3) is 16.9 Å². The highest BCUT2D eigenvalue weighted by atomic mass is 32.1. The third-order valence-corrected chi connectivity index (χ3v) is 5.71. The van der Waals surface area contributed by atoms with Crippen LogP contribution in [0.4, 0.5) is 5.95 Å². The van der Waals surface area contributed by atoms with Gasteiger partial charge < -0.3 is 9.88 Å². The van der Waals surface area contributed by atoms with Gasteiger partial charge in [-0.2, -0.15) is 4.98 Å². The van der Waals surface area contributed by atoms with Crippen LogP contribution in [0.3, 0.4) is 0 Å². The molecule has 3 aromatic rings. The molecule has 1 aromatic carbocycles.